The lowest BCUT2D eigenvalue weighted by Gasteiger charge is -2.11. The minimum absolute atomic E-state index is 0.416. The predicted octanol–water partition coefficient (Wildman–Crippen LogP) is 1.73. The summed E-state index contributed by atoms with van der Waals surface area (Å²) >= 11 is 0. The fourth-order valence-corrected chi connectivity index (χ4v) is 0.269. The number of halogens is 2. The van der Waals surface area contributed by atoms with Gasteiger partial charge in [0.2, 0.25) is 0 Å². The molecule has 5 heteroatoms. The van der Waals surface area contributed by atoms with Crippen molar-refractivity contribution in [2.45, 2.75) is 19.3 Å². The third-order valence-corrected chi connectivity index (χ3v) is 0.924. The lowest BCUT2D eigenvalue weighted by atomic mass is 10.3. The maximum Gasteiger partial charge on any atom is 0.505 e. The predicted molar refractivity (Wildman–Crippen MR) is 29.2 cm³/mol. The molecule has 0 aromatic heterocycles. The molecule has 0 aromatic rings. The molecule has 0 bridgehead atoms. The van der Waals surface area contributed by atoms with E-state index in [2.05, 4.69) is 4.74 Å². The van der Waals surface area contributed by atoms with Crippen molar-refractivity contribution in [1.29, 1.82) is 0 Å². The van der Waals surface area contributed by atoms with Gasteiger partial charge in [-0.25, -0.2) is 13.6 Å². The summed E-state index contributed by atoms with van der Waals surface area (Å²) in [6.45, 7) is 0.198. The normalized spacial score (nSPS) is 11.1. The Bertz CT molecular complexity index is 124. The molecule has 0 amide bonds. The third kappa shape index (κ3) is 4.05. The van der Waals surface area contributed by atoms with E-state index in [0.29, 0.717) is 0 Å². The number of ether oxygens (including phenoxy) is 1. The highest BCUT2D eigenvalue weighted by Gasteiger charge is 2.27. The first kappa shape index (κ1) is 9.13. The van der Waals surface area contributed by atoms with E-state index in [-0.39, 0.29) is 0 Å². The van der Waals surface area contributed by atoms with Crippen LogP contribution in [0.4, 0.5) is 13.6 Å². The molecular weight excluding hydrogens is 146 g/mol. The van der Waals surface area contributed by atoms with Crippen LogP contribution in [0.2, 0.25) is 0 Å². The SMILES string of the molecule is CCC(F)(F)COC(=O)O. The van der Waals surface area contributed by atoms with E-state index in [4.69, 9.17) is 5.11 Å². The van der Waals surface area contributed by atoms with E-state index in [1.54, 1.807) is 0 Å². The monoisotopic (exact) mass is 154 g/mol. The van der Waals surface area contributed by atoms with Gasteiger partial charge in [0.05, 0.1) is 0 Å². The average molecular weight is 154 g/mol. The van der Waals surface area contributed by atoms with Crippen LogP contribution in [0.25, 0.3) is 0 Å². The third-order valence-electron chi connectivity index (χ3n) is 0.924. The maximum atomic E-state index is 12.1. The molecule has 0 spiro atoms. The van der Waals surface area contributed by atoms with Crippen LogP contribution in [0, 0.1) is 0 Å². The van der Waals surface area contributed by atoms with Gasteiger partial charge in [-0.3, -0.25) is 0 Å². The summed E-state index contributed by atoms with van der Waals surface area (Å²) in [6.07, 6.45) is -2.09. The van der Waals surface area contributed by atoms with Gasteiger partial charge < -0.3 is 9.84 Å². The molecule has 0 aliphatic heterocycles. The van der Waals surface area contributed by atoms with Crippen molar-refractivity contribution in [1.82, 2.24) is 0 Å². The molecule has 0 heterocycles. The molecular formula is C5H8F2O3. The standard InChI is InChI=1S/C5H8F2O3/c1-2-5(6,7)3-10-4(8)9/h2-3H2,1H3,(H,8,9). The first-order chi connectivity index (χ1) is 4.48. The number of carboxylic acid groups (broad SMARTS) is 1. The van der Waals surface area contributed by atoms with Crippen molar-refractivity contribution in [2.75, 3.05) is 6.61 Å². The minimum Gasteiger partial charge on any atom is -0.450 e. The molecule has 0 aliphatic carbocycles. The van der Waals surface area contributed by atoms with Crippen molar-refractivity contribution >= 4 is 6.16 Å². The molecule has 0 saturated carbocycles. The van der Waals surface area contributed by atoms with Gasteiger partial charge in [-0.2, -0.15) is 0 Å². The lowest BCUT2D eigenvalue weighted by Crippen LogP contribution is -2.23. The Kier molecular flexibility index (Phi) is 3.05. The summed E-state index contributed by atoms with van der Waals surface area (Å²) in [5.41, 5.74) is 0. The molecule has 0 saturated heterocycles. The van der Waals surface area contributed by atoms with Gasteiger partial charge in [-0.05, 0) is 0 Å². The van der Waals surface area contributed by atoms with E-state index in [0.717, 1.165) is 0 Å². The topological polar surface area (TPSA) is 46.5 Å². The minimum atomic E-state index is -3.03. The zero-order valence-corrected chi connectivity index (χ0v) is 5.43. The Morgan fingerprint density at radius 2 is 2.20 bits per heavy atom. The largest absolute Gasteiger partial charge is 0.505 e. The number of hydrogen-bond acceptors (Lipinski definition) is 2. The number of hydrogen-bond donors (Lipinski definition) is 1. The second kappa shape index (κ2) is 3.34. The van der Waals surface area contributed by atoms with Gasteiger partial charge in [0.25, 0.3) is 5.92 Å². The van der Waals surface area contributed by atoms with Gasteiger partial charge in [-0.1, -0.05) is 6.92 Å². The summed E-state index contributed by atoms with van der Waals surface area (Å²) in [4.78, 5) is 9.61. The van der Waals surface area contributed by atoms with E-state index < -0.39 is 25.1 Å². The highest BCUT2D eigenvalue weighted by Crippen LogP contribution is 2.17. The molecule has 0 rings (SSSR count). The summed E-state index contributed by atoms with van der Waals surface area (Å²) in [7, 11) is 0. The second-order valence-corrected chi connectivity index (χ2v) is 1.76. The highest BCUT2D eigenvalue weighted by atomic mass is 19.3. The average Bonchev–Trinajstić information content (AvgIpc) is 1.85. The maximum absolute atomic E-state index is 12.1. The van der Waals surface area contributed by atoms with Crippen LogP contribution >= 0.6 is 0 Å². The second-order valence-electron chi connectivity index (χ2n) is 1.76. The highest BCUT2D eigenvalue weighted by molar-refractivity contribution is 5.56. The summed E-state index contributed by atoms with van der Waals surface area (Å²) in [6, 6.07) is 0. The van der Waals surface area contributed by atoms with Crippen molar-refractivity contribution < 1.29 is 23.4 Å². The molecule has 3 nitrogen and oxygen atoms in total. The van der Waals surface area contributed by atoms with Crippen LogP contribution in [0.3, 0.4) is 0 Å². The quantitative estimate of drug-likeness (QED) is 0.629. The van der Waals surface area contributed by atoms with Gasteiger partial charge >= 0.3 is 6.16 Å². The van der Waals surface area contributed by atoms with Crippen LogP contribution in [-0.2, 0) is 4.74 Å². The smallest absolute Gasteiger partial charge is 0.450 e. The van der Waals surface area contributed by atoms with Gasteiger partial charge in [0.15, 0.2) is 6.61 Å². The van der Waals surface area contributed by atoms with Gasteiger partial charge in [-0.15, -0.1) is 0 Å². The van der Waals surface area contributed by atoms with Crippen molar-refractivity contribution in [2.24, 2.45) is 0 Å². The van der Waals surface area contributed by atoms with Crippen LogP contribution in [-0.4, -0.2) is 23.8 Å². The summed E-state index contributed by atoms with van der Waals surface area (Å²) in [5.74, 6) is -3.03. The molecule has 0 fully saturated rings. The Morgan fingerprint density at radius 1 is 1.70 bits per heavy atom. The molecule has 0 unspecified atom stereocenters. The Labute approximate surface area is 56.6 Å². The van der Waals surface area contributed by atoms with Gasteiger partial charge in [0.1, 0.15) is 0 Å². The molecule has 0 aliphatic rings. The Balaban J connectivity index is 3.56. The van der Waals surface area contributed by atoms with E-state index in [1.807, 2.05) is 0 Å². The molecule has 0 radical (unpaired) electrons. The molecule has 1 N–H and O–H groups in total. The summed E-state index contributed by atoms with van der Waals surface area (Å²) in [5, 5.41) is 7.82. The van der Waals surface area contributed by atoms with Crippen molar-refractivity contribution in [3.63, 3.8) is 0 Å². The lowest BCUT2D eigenvalue weighted by molar-refractivity contribution is -0.0657. The number of alkyl halides is 2. The van der Waals surface area contributed by atoms with Crippen molar-refractivity contribution in [3.8, 4) is 0 Å². The number of rotatable bonds is 3. The Morgan fingerprint density at radius 3 is 2.50 bits per heavy atom. The van der Waals surface area contributed by atoms with Crippen LogP contribution in [0.5, 0.6) is 0 Å². The van der Waals surface area contributed by atoms with Crippen molar-refractivity contribution in [3.05, 3.63) is 0 Å². The zero-order valence-electron chi connectivity index (χ0n) is 5.43. The number of carbonyl (C=O) groups is 1. The van der Waals surface area contributed by atoms with Crippen LogP contribution < -0.4 is 0 Å². The molecule has 60 valence electrons. The molecule has 0 aromatic carbocycles. The fourth-order valence-electron chi connectivity index (χ4n) is 0.269. The first-order valence-corrected chi connectivity index (χ1v) is 2.71. The van der Waals surface area contributed by atoms with Gasteiger partial charge in [0, 0.05) is 6.42 Å². The first-order valence-electron chi connectivity index (χ1n) is 2.71. The molecule has 10 heavy (non-hydrogen) atoms. The Hall–Kier alpha value is -0.870. The van der Waals surface area contributed by atoms with E-state index in [9.17, 15) is 13.6 Å². The molecule has 0 atom stereocenters. The fraction of sp³-hybridized carbons (Fsp3) is 0.800. The van der Waals surface area contributed by atoms with E-state index in [1.165, 1.54) is 6.92 Å². The van der Waals surface area contributed by atoms with E-state index >= 15 is 0 Å². The summed E-state index contributed by atoms with van der Waals surface area (Å²) < 4.78 is 27.9. The van der Waals surface area contributed by atoms with Crippen LogP contribution in [0.1, 0.15) is 13.3 Å². The van der Waals surface area contributed by atoms with Crippen LogP contribution in [0.15, 0.2) is 0 Å². The zero-order chi connectivity index (χ0) is 8.20.